The first-order valence-corrected chi connectivity index (χ1v) is 15.8. The van der Waals surface area contributed by atoms with Crippen LogP contribution in [0.25, 0.3) is 99.7 Å². The average Bonchev–Trinajstić information content (AvgIpc) is 4.02. The maximum absolute atomic E-state index is 9.89. The van der Waals surface area contributed by atoms with Crippen LogP contribution in [-0.2, 0) is 0 Å². The van der Waals surface area contributed by atoms with Gasteiger partial charge in [0.15, 0.2) is 5.58 Å². The van der Waals surface area contributed by atoms with Crippen LogP contribution in [-0.4, -0.2) is 19.1 Å². The van der Waals surface area contributed by atoms with E-state index in [2.05, 4.69) is 0 Å². The summed E-state index contributed by atoms with van der Waals surface area (Å²) in [7, 11) is 0. The Morgan fingerprint density at radius 1 is 0.471 bits per heavy atom. The van der Waals surface area contributed by atoms with Crippen molar-refractivity contribution in [1.82, 2.24) is 19.1 Å². The van der Waals surface area contributed by atoms with Crippen LogP contribution >= 0.6 is 0 Å². The van der Waals surface area contributed by atoms with E-state index in [4.69, 9.17) is 26.7 Å². The Balaban J connectivity index is 1.31. The second-order valence-electron chi connectivity index (χ2n) is 11.7. The largest absolute Gasteiger partial charge is 0.452 e. The van der Waals surface area contributed by atoms with E-state index in [1.807, 2.05) is 6.07 Å². The highest BCUT2D eigenvalue weighted by atomic mass is 16.3. The van der Waals surface area contributed by atoms with Gasteiger partial charge in [0.2, 0.25) is 5.95 Å². The van der Waals surface area contributed by atoms with Crippen LogP contribution in [0.3, 0.4) is 0 Å². The molecular formula is C46H28N4O. The van der Waals surface area contributed by atoms with Gasteiger partial charge in [-0.3, -0.25) is 4.57 Å². The summed E-state index contributed by atoms with van der Waals surface area (Å²) < 4.78 is 163. The summed E-state index contributed by atoms with van der Waals surface area (Å²) in [5.41, 5.74) is -0.711. The SMILES string of the molecule is [2H]c1c([2H])c([2H])c(-n2c3c([2H])ccc([2H])c3c3c([2H])c(-c4c([2H])c([2H])c5c(c4[2H])c4c([2H])c([2H])c([2H])c([2H])c4n5-c4nc(-c5ccccc5)c5oc6ccccc6c5n4)c([2H])c([2H])c32)c([2H])c1[2H]. The fourth-order valence-electron chi connectivity index (χ4n) is 6.63. The highest BCUT2D eigenvalue weighted by Crippen LogP contribution is 2.39. The van der Waals surface area contributed by atoms with Crippen LogP contribution in [0.1, 0.15) is 23.3 Å². The second kappa shape index (κ2) is 10.8. The topological polar surface area (TPSA) is 48.8 Å². The molecule has 0 fully saturated rings. The number of rotatable bonds is 4. The number of benzene rings is 7. The zero-order chi connectivity index (χ0) is 48.3. The number of nitrogens with zero attached hydrogens (tertiary/aromatic N) is 4. The van der Waals surface area contributed by atoms with E-state index in [9.17, 15) is 11.0 Å². The quantitative estimate of drug-likeness (QED) is 0.187. The summed E-state index contributed by atoms with van der Waals surface area (Å²) in [6.07, 6.45) is 0. The maximum Gasteiger partial charge on any atom is 0.236 e. The molecule has 0 unspecified atom stereocenters. The average molecular weight is 670 g/mol. The van der Waals surface area contributed by atoms with Gasteiger partial charge in [0.1, 0.15) is 16.8 Å². The first-order chi connectivity index (χ1) is 32.4. The van der Waals surface area contributed by atoms with E-state index in [-0.39, 0.29) is 61.6 Å². The van der Waals surface area contributed by atoms with E-state index in [0.717, 1.165) is 4.57 Å². The number of hydrogen-bond donors (Lipinski definition) is 0. The Morgan fingerprint density at radius 3 is 1.94 bits per heavy atom. The van der Waals surface area contributed by atoms with Gasteiger partial charge in [-0.15, -0.1) is 0 Å². The molecule has 0 bridgehead atoms. The molecule has 0 aliphatic carbocycles. The molecule has 11 rings (SSSR count). The summed E-state index contributed by atoms with van der Waals surface area (Å²) in [4.78, 5) is 9.79. The van der Waals surface area contributed by atoms with Crippen LogP contribution in [0, 0.1) is 0 Å². The molecule has 0 spiro atoms. The molecule has 0 atom stereocenters. The molecule has 238 valence electrons. The van der Waals surface area contributed by atoms with Gasteiger partial charge in [0.25, 0.3) is 0 Å². The highest BCUT2D eigenvalue weighted by Gasteiger charge is 2.21. The second-order valence-corrected chi connectivity index (χ2v) is 11.7. The van der Waals surface area contributed by atoms with Crippen LogP contribution in [0.5, 0.6) is 0 Å². The van der Waals surface area contributed by atoms with Gasteiger partial charge in [0, 0.05) is 38.2 Å². The van der Waals surface area contributed by atoms with Crippen LogP contribution in [0.2, 0.25) is 0 Å². The van der Waals surface area contributed by atoms with Crippen molar-refractivity contribution in [3.8, 4) is 34.0 Å². The summed E-state index contributed by atoms with van der Waals surface area (Å²) in [6, 6.07) is 7.46. The summed E-state index contributed by atoms with van der Waals surface area (Å²) in [5.74, 6) is -0.195. The number of hydrogen-bond acceptors (Lipinski definition) is 3. The van der Waals surface area contributed by atoms with E-state index >= 15 is 0 Å². The van der Waals surface area contributed by atoms with Crippen molar-refractivity contribution in [3.05, 3.63) is 169 Å². The Morgan fingerprint density at radius 2 is 1.12 bits per heavy atom. The van der Waals surface area contributed by atoms with Crippen molar-refractivity contribution in [3.63, 3.8) is 0 Å². The van der Waals surface area contributed by atoms with Crippen molar-refractivity contribution in [1.29, 1.82) is 0 Å². The molecule has 0 saturated carbocycles. The molecule has 0 N–H and O–H groups in total. The lowest BCUT2D eigenvalue weighted by atomic mass is 10.0. The van der Waals surface area contributed by atoms with Crippen molar-refractivity contribution in [2.45, 2.75) is 0 Å². The van der Waals surface area contributed by atoms with Gasteiger partial charge in [0.05, 0.1) is 45.4 Å². The van der Waals surface area contributed by atoms with E-state index < -0.39 is 107 Å². The standard InChI is InChI=1S/C46H28N4O/c1-3-13-29(14-4-1)43-45-44(35-19-9-12-22-42(35)51-45)48-46(47-43)50-39-21-11-8-18-34(39)37-28-31(24-26-41(37)50)30-23-25-40-36(27-30)33-17-7-10-20-38(33)49(40)32-15-5-2-6-16-32/h1-28H/i2D,5D,6D,8D,11D,15D,16D,17D,18D,20D,21D,23D,24D,25D,26D,27D,28D. The molecule has 0 saturated heterocycles. The Bertz CT molecular complexity index is 4100. The minimum Gasteiger partial charge on any atom is -0.452 e. The molecular weight excluding hydrogens is 625 g/mol. The van der Waals surface area contributed by atoms with Crippen LogP contribution < -0.4 is 0 Å². The molecule has 0 aliphatic rings. The number of para-hydroxylation sites is 4. The van der Waals surface area contributed by atoms with E-state index in [1.165, 1.54) is 16.7 Å². The van der Waals surface area contributed by atoms with E-state index in [1.54, 1.807) is 48.5 Å². The molecule has 4 heterocycles. The fourth-order valence-corrected chi connectivity index (χ4v) is 6.63. The lowest BCUT2D eigenvalue weighted by molar-refractivity contribution is 0.666. The minimum atomic E-state index is -0.795. The third-order valence-corrected chi connectivity index (χ3v) is 8.83. The van der Waals surface area contributed by atoms with Crippen LogP contribution in [0.15, 0.2) is 174 Å². The Hall–Kier alpha value is -6.98. The number of fused-ring (bicyclic) bond motifs is 9. The van der Waals surface area contributed by atoms with Crippen LogP contribution in [0.4, 0.5) is 0 Å². The summed E-state index contributed by atoms with van der Waals surface area (Å²) >= 11 is 0. The Kier molecular flexibility index (Phi) is 3.41. The fraction of sp³-hybridized carbons (Fsp3) is 0. The maximum atomic E-state index is 9.89. The zero-order valence-electron chi connectivity index (χ0n) is 43.0. The van der Waals surface area contributed by atoms with Gasteiger partial charge in [-0.2, -0.15) is 0 Å². The Labute approximate surface area is 316 Å². The molecule has 0 radical (unpaired) electrons. The molecule has 11 aromatic rings. The predicted octanol–water partition coefficient (Wildman–Crippen LogP) is 11.9. The third kappa shape index (κ3) is 4.15. The van der Waals surface area contributed by atoms with Crippen molar-refractivity contribution >= 4 is 65.7 Å². The summed E-state index contributed by atoms with van der Waals surface area (Å²) in [5, 5.41) is -0.409. The van der Waals surface area contributed by atoms with Gasteiger partial charge in [-0.1, -0.05) is 109 Å². The number of furan rings is 1. The predicted molar refractivity (Wildman–Crippen MR) is 209 cm³/mol. The highest BCUT2D eigenvalue weighted by molar-refractivity contribution is 6.13. The smallest absolute Gasteiger partial charge is 0.236 e. The molecule has 0 amide bonds. The molecule has 5 nitrogen and oxygen atoms in total. The normalized spacial score (nSPS) is 16.6. The minimum absolute atomic E-state index is 0.163. The third-order valence-electron chi connectivity index (χ3n) is 8.83. The molecule has 0 aliphatic heterocycles. The first-order valence-electron chi connectivity index (χ1n) is 24.3. The molecule has 4 aromatic heterocycles. The van der Waals surface area contributed by atoms with Gasteiger partial charge >= 0.3 is 0 Å². The van der Waals surface area contributed by atoms with Gasteiger partial charge in [-0.25, -0.2) is 9.97 Å². The van der Waals surface area contributed by atoms with Crippen molar-refractivity contribution in [2.24, 2.45) is 0 Å². The molecule has 51 heavy (non-hydrogen) atoms. The van der Waals surface area contributed by atoms with Crippen molar-refractivity contribution < 1.29 is 27.7 Å². The number of aromatic nitrogens is 4. The molecule has 7 aromatic carbocycles. The van der Waals surface area contributed by atoms with E-state index in [0.29, 0.717) is 33.3 Å². The zero-order valence-corrected chi connectivity index (χ0v) is 26.0. The first kappa shape index (κ1) is 16.2. The monoisotopic (exact) mass is 669 g/mol. The lowest BCUT2D eigenvalue weighted by Gasteiger charge is -2.10. The summed E-state index contributed by atoms with van der Waals surface area (Å²) in [6.45, 7) is 0. The lowest BCUT2D eigenvalue weighted by Crippen LogP contribution is -2.02. The van der Waals surface area contributed by atoms with Crippen molar-refractivity contribution in [2.75, 3.05) is 0 Å². The van der Waals surface area contributed by atoms with Gasteiger partial charge in [-0.05, 0) is 71.6 Å². The molecule has 5 heteroatoms. The van der Waals surface area contributed by atoms with Gasteiger partial charge < -0.3 is 8.98 Å².